The molecule has 1 amide bonds. The van der Waals surface area contributed by atoms with Crippen molar-refractivity contribution in [1.29, 1.82) is 0 Å². The number of nitrogens with one attached hydrogen (secondary N) is 1. The Kier molecular flexibility index (Phi) is 1.94. The van der Waals surface area contributed by atoms with E-state index < -0.39 is 5.91 Å². The van der Waals surface area contributed by atoms with Gasteiger partial charge in [0.1, 0.15) is 0 Å². The van der Waals surface area contributed by atoms with E-state index >= 15 is 0 Å². The summed E-state index contributed by atoms with van der Waals surface area (Å²) in [5, 5.41) is 13.2. The number of hydrogen-bond acceptors (Lipinski definition) is 3. The molecule has 5 heteroatoms. The molecule has 2 rings (SSSR count). The highest BCUT2D eigenvalue weighted by atomic mass is 16.5. The third kappa shape index (κ3) is 1.14. The van der Waals surface area contributed by atoms with Crippen molar-refractivity contribution in [2.75, 3.05) is 0 Å². The molecule has 2 N–H and O–H groups in total. The Labute approximate surface area is 79.9 Å². The lowest BCUT2D eigenvalue weighted by Gasteiger charge is -1.92. The highest BCUT2D eigenvalue weighted by Gasteiger charge is 2.14. The van der Waals surface area contributed by atoms with Crippen LogP contribution in [0.4, 0.5) is 0 Å². The molecule has 2 aromatic rings. The Morgan fingerprint density at radius 2 is 2.21 bits per heavy atom. The van der Waals surface area contributed by atoms with Crippen LogP contribution < -0.4 is 5.48 Å². The second-order valence-electron chi connectivity index (χ2n) is 2.93. The lowest BCUT2D eigenvalue weighted by atomic mass is 10.2. The molecule has 14 heavy (non-hydrogen) atoms. The summed E-state index contributed by atoms with van der Waals surface area (Å²) in [6.07, 6.45) is 0. The topological polar surface area (TPSA) is 67.2 Å². The molecule has 0 bridgehead atoms. The summed E-state index contributed by atoms with van der Waals surface area (Å²) < 4.78 is 1.60. The monoisotopic (exact) mass is 191 g/mol. The molecule has 0 aliphatic heterocycles. The van der Waals surface area contributed by atoms with Crippen molar-refractivity contribution in [3.8, 4) is 0 Å². The van der Waals surface area contributed by atoms with E-state index in [2.05, 4.69) is 5.10 Å². The van der Waals surface area contributed by atoms with Crippen LogP contribution in [0.5, 0.6) is 0 Å². The summed E-state index contributed by atoms with van der Waals surface area (Å²) in [5.41, 5.74) is 2.65. The number of aromatic nitrogens is 2. The van der Waals surface area contributed by atoms with Crippen LogP contribution in [0.15, 0.2) is 24.3 Å². The van der Waals surface area contributed by atoms with Crippen molar-refractivity contribution >= 4 is 16.8 Å². The zero-order chi connectivity index (χ0) is 10.1. The van der Waals surface area contributed by atoms with Crippen molar-refractivity contribution in [3.63, 3.8) is 0 Å². The normalized spacial score (nSPS) is 10.4. The van der Waals surface area contributed by atoms with Gasteiger partial charge in [-0.05, 0) is 6.07 Å². The lowest BCUT2D eigenvalue weighted by molar-refractivity contribution is 0.0702. The van der Waals surface area contributed by atoms with Crippen LogP contribution in [-0.2, 0) is 7.05 Å². The summed E-state index contributed by atoms with van der Waals surface area (Å²) >= 11 is 0. The fourth-order valence-corrected chi connectivity index (χ4v) is 1.43. The minimum atomic E-state index is -0.596. The Bertz CT molecular complexity index is 490. The molecular formula is C9H9N3O2. The van der Waals surface area contributed by atoms with Crippen LogP contribution in [0, 0.1) is 0 Å². The van der Waals surface area contributed by atoms with Gasteiger partial charge in [0, 0.05) is 12.4 Å². The van der Waals surface area contributed by atoms with E-state index in [0.29, 0.717) is 0 Å². The average molecular weight is 191 g/mol. The molecule has 0 radical (unpaired) electrons. The number of aryl methyl sites for hydroxylation is 1. The first kappa shape index (κ1) is 8.71. The van der Waals surface area contributed by atoms with Crippen molar-refractivity contribution in [1.82, 2.24) is 15.3 Å². The number of nitrogens with zero attached hydrogens (tertiary/aromatic N) is 2. The van der Waals surface area contributed by atoms with Gasteiger partial charge in [0.15, 0.2) is 5.69 Å². The first-order chi connectivity index (χ1) is 6.74. The third-order valence-corrected chi connectivity index (χ3v) is 2.07. The van der Waals surface area contributed by atoms with Gasteiger partial charge in [0.05, 0.1) is 5.52 Å². The Balaban J connectivity index is 2.72. The Morgan fingerprint density at radius 1 is 1.50 bits per heavy atom. The fraction of sp³-hybridized carbons (Fsp3) is 0.111. The molecule has 0 fully saturated rings. The second kappa shape index (κ2) is 3.12. The molecule has 0 aliphatic carbocycles. The molecule has 0 aliphatic rings. The van der Waals surface area contributed by atoms with E-state index in [9.17, 15) is 4.79 Å². The average Bonchev–Trinajstić information content (AvgIpc) is 2.56. The van der Waals surface area contributed by atoms with Crippen LogP contribution >= 0.6 is 0 Å². The van der Waals surface area contributed by atoms with E-state index in [1.54, 1.807) is 23.3 Å². The van der Waals surface area contributed by atoms with Gasteiger partial charge in [-0.25, -0.2) is 5.48 Å². The molecule has 0 spiro atoms. The van der Waals surface area contributed by atoms with Crippen molar-refractivity contribution < 1.29 is 10.0 Å². The lowest BCUT2D eigenvalue weighted by Crippen LogP contribution is -2.19. The maximum absolute atomic E-state index is 11.2. The molecule has 0 unspecified atom stereocenters. The van der Waals surface area contributed by atoms with Gasteiger partial charge in [-0.15, -0.1) is 0 Å². The van der Waals surface area contributed by atoms with E-state index in [1.165, 1.54) is 0 Å². The molecule has 1 aromatic heterocycles. The highest BCUT2D eigenvalue weighted by Crippen LogP contribution is 2.16. The summed E-state index contributed by atoms with van der Waals surface area (Å²) in [5.74, 6) is -0.596. The molecule has 5 nitrogen and oxygen atoms in total. The number of fused-ring (bicyclic) bond motifs is 1. The second-order valence-corrected chi connectivity index (χ2v) is 2.93. The molecular weight excluding hydrogens is 182 g/mol. The maximum Gasteiger partial charge on any atom is 0.295 e. The third-order valence-electron chi connectivity index (χ3n) is 2.07. The van der Waals surface area contributed by atoms with Crippen molar-refractivity contribution in [2.24, 2.45) is 7.05 Å². The Morgan fingerprint density at radius 3 is 2.93 bits per heavy atom. The predicted molar refractivity (Wildman–Crippen MR) is 50.0 cm³/mol. The van der Waals surface area contributed by atoms with Gasteiger partial charge in [-0.2, -0.15) is 5.10 Å². The number of carbonyl (C=O) groups is 1. The molecule has 72 valence electrons. The van der Waals surface area contributed by atoms with E-state index in [1.807, 2.05) is 18.2 Å². The van der Waals surface area contributed by atoms with Crippen LogP contribution in [0.3, 0.4) is 0 Å². The van der Waals surface area contributed by atoms with E-state index in [0.717, 1.165) is 10.9 Å². The minimum Gasteiger partial charge on any atom is -0.288 e. The fourth-order valence-electron chi connectivity index (χ4n) is 1.43. The molecule has 1 aromatic carbocycles. The maximum atomic E-state index is 11.2. The number of hydroxylamine groups is 1. The number of amides is 1. The molecule has 0 saturated heterocycles. The number of benzene rings is 1. The zero-order valence-corrected chi connectivity index (χ0v) is 7.56. The molecule has 1 heterocycles. The number of carbonyl (C=O) groups excluding carboxylic acids is 1. The number of rotatable bonds is 1. The van der Waals surface area contributed by atoms with Crippen LogP contribution in [0.2, 0.25) is 0 Å². The van der Waals surface area contributed by atoms with E-state index in [-0.39, 0.29) is 5.69 Å². The first-order valence-corrected chi connectivity index (χ1v) is 4.10. The largest absolute Gasteiger partial charge is 0.295 e. The first-order valence-electron chi connectivity index (χ1n) is 4.10. The zero-order valence-electron chi connectivity index (χ0n) is 7.56. The predicted octanol–water partition coefficient (Wildman–Crippen LogP) is 0.692. The number of para-hydroxylation sites is 1. The van der Waals surface area contributed by atoms with Crippen LogP contribution in [0.1, 0.15) is 10.5 Å². The van der Waals surface area contributed by atoms with Gasteiger partial charge < -0.3 is 0 Å². The van der Waals surface area contributed by atoms with Crippen molar-refractivity contribution in [3.05, 3.63) is 30.0 Å². The quantitative estimate of drug-likeness (QED) is 0.514. The summed E-state index contributed by atoms with van der Waals surface area (Å²) in [6.45, 7) is 0. The van der Waals surface area contributed by atoms with Crippen molar-refractivity contribution in [2.45, 2.75) is 0 Å². The van der Waals surface area contributed by atoms with Gasteiger partial charge in [0.25, 0.3) is 5.91 Å². The standard InChI is InChI=1S/C9H9N3O2/c1-12-7-5-3-2-4-6(7)8(10-12)9(13)11-14/h2-5,14H,1H3,(H,11,13). The molecule has 0 saturated carbocycles. The van der Waals surface area contributed by atoms with Gasteiger partial charge in [0.2, 0.25) is 0 Å². The minimum absolute atomic E-state index is 0.227. The SMILES string of the molecule is Cn1nc(C(=O)NO)c2ccccc21. The Hall–Kier alpha value is -1.88. The van der Waals surface area contributed by atoms with E-state index in [4.69, 9.17) is 5.21 Å². The van der Waals surface area contributed by atoms with Crippen LogP contribution in [-0.4, -0.2) is 20.9 Å². The van der Waals surface area contributed by atoms with Crippen LogP contribution in [0.25, 0.3) is 10.9 Å². The van der Waals surface area contributed by atoms with Gasteiger partial charge in [-0.1, -0.05) is 18.2 Å². The van der Waals surface area contributed by atoms with Gasteiger partial charge in [-0.3, -0.25) is 14.7 Å². The summed E-state index contributed by atoms with van der Waals surface area (Å²) in [4.78, 5) is 11.2. The number of hydrogen-bond donors (Lipinski definition) is 2. The summed E-state index contributed by atoms with van der Waals surface area (Å²) in [7, 11) is 1.75. The summed E-state index contributed by atoms with van der Waals surface area (Å²) in [6, 6.07) is 7.33. The molecule has 0 atom stereocenters. The van der Waals surface area contributed by atoms with Gasteiger partial charge >= 0.3 is 0 Å². The highest BCUT2D eigenvalue weighted by molar-refractivity contribution is 6.04. The smallest absolute Gasteiger partial charge is 0.288 e.